The van der Waals surface area contributed by atoms with Gasteiger partial charge in [0, 0.05) is 5.56 Å². The predicted molar refractivity (Wildman–Crippen MR) is 63.1 cm³/mol. The third-order valence-electron chi connectivity index (χ3n) is 2.28. The zero-order valence-electron chi connectivity index (χ0n) is 9.89. The Morgan fingerprint density at radius 1 is 1.25 bits per heavy atom. The normalized spacial score (nSPS) is 10.3. The number of methoxy groups -OCH3 is 2. The van der Waals surface area contributed by atoms with Crippen LogP contribution < -0.4 is 15.0 Å². The Balaban J connectivity index is 3.20. The maximum absolute atomic E-state index is 6.23. The molecule has 1 N–H and O–H groups in total. The molecule has 0 aromatic heterocycles. The van der Waals surface area contributed by atoms with E-state index >= 15 is 0 Å². The lowest BCUT2D eigenvalue weighted by Gasteiger charge is -2.15. The highest BCUT2D eigenvalue weighted by Crippen LogP contribution is 2.37. The zero-order chi connectivity index (χ0) is 12.1. The Hall–Kier alpha value is -0.970. The van der Waals surface area contributed by atoms with Crippen LogP contribution in [0.2, 0.25) is 5.02 Å². The van der Waals surface area contributed by atoms with Crippen molar-refractivity contribution in [3.63, 3.8) is 0 Å². The van der Waals surface area contributed by atoms with Crippen molar-refractivity contribution in [3.8, 4) is 11.5 Å². The lowest BCUT2D eigenvalue weighted by Crippen LogP contribution is -2.12. The molecule has 0 atom stereocenters. The van der Waals surface area contributed by atoms with Gasteiger partial charge in [0.05, 0.1) is 32.9 Å². The van der Waals surface area contributed by atoms with E-state index in [1.807, 2.05) is 13.0 Å². The summed E-state index contributed by atoms with van der Waals surface area (Å²) in [7, 11) is 4.74. The molecule has 0 saturated carbocycles. The van der Waals surface area contributed by atoms with Crippen molar-refractivity contribution >= 4 is 11.6 Å². The van der Waals surface area contributed by atoms with Gasteiger partial charge in [0.1, 0.15) is 11.5 Å². The molecule has 5 heteroatoms. The highest BCUT2D eigenvalue weighted by atomic mass is 35.5. The molecule has 1 rings (SSSR count). The van der Waals surface area contributed by atoms with E-state index in [4.69, 9.17) is 25.9 Å². The fourth-order valence-corrected chi connectivity index (χ4v) is 1.90. The number of hydrogen-bond donors (Lipinski definition) is 1. The van der Waals surface area contributed by atoms with Crippen molar-refractivity contribution in [3.05, 3.63) is 22.2 Å². The maximum Gasteiger partial charge on any atom is 0.140 e. The van der Waals surface area contributed by atoms with Crippen LogP contribution in [0.5, 0.6) is 11.5 Å². The van der Waals surface area contributed by atoms with Crippen molar-refractivity contribution in [1.29, 1.82) is 0 Å². The Labute approximate surface area is 100 Å². The Kier molecular flexibility index (Phi) is 4.86. The summed E-state index contributed by atoms with van der Waals surface area (Å²) in [5, 5.41) is 0.545. The van der Waals surface area contributed by atoms with Gasteiger partial charge in [-0.25, -0.2) is 0 Å². The SMILES string of the molecule is CONCc1c(OC)cc(C)c(OC)c1Cl. The minimum atomic E-state index is 0.454. The first kappa shape index (κ1) is 13.1. The van der Waals surface area contributed by atoms with E-state index in [-0.39, 0.29) is 0 Å². The monoisotopic (exact) mass is 245 g/mol. The van der Waals surface area contributed by atoms with Crippen LogP contribution in [-0.4, -0.2) is 21.3 Å². The largest absolute Gasteiger partial charge is 0.496 e. The van der Waals surface area contributed by atoms with Gasteiger partial charge < -0.3 is 14.3 Å². The van der Waals surface area contributed by atoms with Crippen LogP contribution >= 0.6 is 11.6 Å². The minimum Gasteiger partial charge on any atom is -0.496 e. The summed E-state index contributed by atoms with van der Waals surface area (Å²) in [5.41, 5.74) is 4.48. The molecule has 1 aromatic carbocycles. The molecular formula is C11H16ClNO3. The fourth-order valence-electron chi connectivity index (χ4n) is 1.51. The average Bonchev–Trinajstić information content (AvgIpc) is 2.28. The summed E-state index contributed by atoms with van der Waals surface area (Å²) in [5.74, 6) is 1.38. The lowest BCUT2D eigenvalue weighted by atomic mass is 10.1. The van der Waals surface area contributed by atoms with E-state index in [1.54, 1.807) is 21.3 Å². The van der Waals surface area contributed by atoms with Crippen LogP contribution in [0.3, 0.4) is 0 Å². The zero-order valence-corrected chi connectivity index (χ0v) is 10.6. The summed E-state index contributed by atoms with van der Waals surface area (Å²) in [6.45, 7) is 2.37. The molecule has 16 heavy (non-hydrogen) atoms. The van der Waals surface area contributed by atoms with E-state index in [0.29, 0.717) is 23.1 Å². The van der Waals surface area contributed by atoms with E-state index in [2.05, 4.69) is 5.48 Å². The van der Waals surface area contributed by atoms with Gasteiger partial charge in [0.25, 0.3) is 0 Å². The number of benzene rings is 1. The van der Waals surface area contributed by atoms with E-state index in [9.17, 15) is 0 Å². The third-order valence-corrected chi connectivity index (χ3v) is 2.68. The van der Waals surface area contributed by atoms with Crippen molar-refractivity contribution < 1.29 is 14.3 Å². The number of nitrogens with one attached hydrogen (secondary N) is 1. The molecule has 0 bridgehead atoms. The number of ether oxygens (including phenoxy) is 2. The second-order valence-electron chi connectivity index (χ2n) is 3.25. The van der Waals surface area contributed by atoms with Crippen LogP contribution in [0.15, 0.2) is 6.07 Å². The Morgan fingerprint density at radius 3 is 2.44 bits per heavy atom. The number of aryl methyl sites for hydroxylation is 1. The molecule has 0 unspecified atom stereocenters. The smallest absolute Gasteiger partial charge is 0.140 e. The van der Waals surface area contributed by atoms with Gasteiger partial charge in [-0.3, -0.25) is 0 Å². The second-order valence-corrected chi connectivity index (χ2v) is 3.62. The fraction of sp³-hybridized carbons (Fsp3) is 0.455. The van der Waals surface area contributed by atoms with Gasteiger partial charge in [-0.1, -0.05) is 11.6 Å². The van der Waals surface area contributed by atoms with Gasteiger partial charge in [-0.05, 0) is 18.6 Å². The van der Waals surface area contributed by atoms with Crippen molar-refractivity contribution in [2.75, 3.05) is 21.3 Å². The molecule has 0 amide bonds. The van der Waals surface area contributed by atoms with E-state index < -0.39 is 0 Å². The summed E-state index contributed by atoms with van der Waals surface area (Å²) >= 11 is 6.23. The standard InChI is InChI=1S/C11H16ClNO3/c1-7-5-9(14-2)8(6-13-16-4)10(12)11(7)15-3/h5,13H,6H2,1-4H3. The van der Waals surface area contributed by atoms with Gasteiger partial charge in [-0.2, -0.15) is 5.48 Å². The molecule has 0 saturated heterocycles. The lowest BCUT2D eigenvalue weighted by molar-refractivity contribution is 0.0861. The van der Waals surface area contributed by atoms with Crippen LogP contribution in [-0.2, 0) is 11.4 Å². The molecule has 0 radical (unpaired) electrons. The summed E-state index contributed by atoms with van der Waals surface area (Å²) in [4.78, 5) is 4.80. The second kappa shape index (κ2) is 5.94. The Morgan fingerprint density at radius 2 is 1.94 bits per heavy atom. The molecule has 0 heterocycles. The van der Waals surface area contributed by atoms with Gasteiger partial charge >= 0.3 is 0 Å². The van der Waals surface area contributed by atoms with E-state index in [0.717, 1.165) is 11.1 Å². The van der Waals surface area contributed by atoms with Gasteiger partial charge in [-0.15, -0.1) is 0 Å². The van der Waals surface area contributed by atoms with Crippen LogP contribution in [0.25, 0.3) is 0 Å². The van der Waals surface area contributed by atoms with Crippen molar-refractivity contribution in [2.45, 2.75) is 13.5 Å². The first-order valence-electron chi connectivity index (χ1n) is 4.81. The van der Waals surface area contributed by atoms with Gasteiger partial charge in [0.2, 0.25) is 0 Å². The highest BCUT2D eigenvalue weighted by molar-refractivity contribution is 6.33. The Bertz CT molecular complexity index is 369. The van der Waals surface area contributed by atoms with Crippen LogP contribution in [0.4, 0.5) is 0 Å². The molecule has 0 aliphatic heterocycles. The molecule has 0 aliphatic carbocycles. The molecule has 4 nitrogen and oxygen atoms in total. The highest BCUT2D eigenvalue weighted by Gasteiger charge is 2.15. The molecule has 0 fully saturated rings. The summed E-state index contributed by atoms with van der Waals surface area (Å²) in [6, 6.07) is 1.89. The molecule has 0 spiro atoms. The third kappa shape index (κ3) is 2.58. The molecular weight excluding hydrogens is 230 g/mol. The van der Waals surface area contributed by atoms with Gasteiger partial charge in [0.15, 0.2) is 0 Å². The summed E-state index contributed by atoms with van der Waals surface area (Å²) in [6.07, 6.45) is 0. The first-order valence-corrected chi connectivity index (χ1v) is 5.19. The van der Waals surface area contributed by atoms with Crippen LogP contribution in [0, 0.1) is 6.92 Å². The quantitative estimate of drug-likeness (QED) is 0.809. The molecule has 1 aromatic rings. The summed E-state index contributed by atoms with van der Waals surface area (Å²) < 4.78 is 10.5. The number of hydroxylamine groups is 1. The molecule has 0 aliphatic rings. The predicted octanol–water partition coefficient (Wildman–Crippen LogP) is 2.32. The average molecular weight is 246 g/mol. The van der Waals surface area contributed by atoms with Crippen molar-refractivity contribution in [2.24, 2.45) is 0 Å². The maximum atomic E-state index is 6.23. The number of rotatable bonds is 5. The van der Waals surface area contributed by atoms with E-state index in [1.165, 1.54) is 0 Å². The number of hydrogen-bond acceptors (Lipinski definition) is 4. The first-order chi connectivity index (χ1) is 7.65. The topological polar surface area (TPSA) is 39.7 Å². The van der Waals surface area contributed by atoms with Crippen LogP contribution in [0.1, 0.15) is 11.1 Å². The molecule has 90 valence electrons. The number of halogens is 1. The van der Waals surface area contributed by atoms with Crippen molar-refractivity contribution in [1.82, 2.24) is 5.48 Å². The minimum absolute atomic E-state index is 0.454.